The summed E-state index contributed by atoms with van der Waals surface area (Å²) >= 11 is 0. The minimum Gasteiger partial charge on any atom is -0.481 e. The molecule has 1 saturated heterocycles. The number of hydrogen-bond acceptors (Lipinski definition) is 3. The van der Waals surface area contributed by atoms with Crippen molar-refractivity contribution < 1.29 is 14.7 Å². The van der Waals surface area contributed by atoms with Crippen molar-refractivity contribution in [3.05, 3.63) is 0 Å². The van der Waals surface area contributed by atoms with Gasteiger partial charge in [0.1, 0.15) is 0 Å². The first-order valence-electron chi connectivity index (χ1n) is 6.73. The van der Waals surface area contributed by atoms with Crippen LogP contribution in [0.25, 0.3) is 0 Å². The van der Waals surface area contributed by atoms with Gasteiger partial charge in [0.05, 0.1) is 10.8 Å². The molecule has 0 radical (unpaired) electrons. The first kappa shape index (κ1) is 16.0. The number of aliphatic carboxylic acids is 1. The summed E-state index contributed by atoms with van der Waals surface area (Å²) in [6.45, 7) is 10.1. The van der Waals surface area contributed by atoms with Gasteiger partial charge in [-0.2, -0.15) is 0 Å². The molecule has 19 heavy (non-hydrogen) atoms. The average Bonchev–Trinajstić information content (AvgIpc) is 2.27. The van der Waals surface area contributed by atoms with Crippen LogP contribution in [-0.2, 0) is 9.59 Å². The highest BCUT2D eigenvalue weighted by Gasteiger charge is 2.45. The number of carboxylic acid groups (broad SMARTS) is 1. The summed E-state index contributed by atoms with van der Waals surface area (Å²) in [6, 6.07) is 0. The molecule has 0 atom stereocenters. The van der Waals surface area contributed by atoms with E-state index < -0.39 is 22.3 Å². The van der Waals surface area contributed by atoms with E-state index in [9.17, 15) is 14.7 Å². The molecule has 1 aliphatic heterocycles. The third kappa shape index (κ3) is 2.91. The fourth-order valence-electron chi connectivity index (χ4n) is 2.09. The molecule has 110 valence electrons. The lowest BCUT2D eigenvalue weighted by atomic mass is 9.73. The van der Waals surface area contributed by atoms with Crippen LogP contribution in [0, 0.1) is 10.8 Å². The van der Waals surface area contributed by atoms with Gasteiger partial charge in [0.2, 0.25) is 5.91 Å². The summed E-state index contributed by atoms with van der Waals surface area (Å²) in [4.78, 5) is 25.5. The summed E-state index contributed by atoms with van der Waals surface area (Å²) < 4.78 is 0. The zero-order chi connectivity index (χ0) is 15.1. The summed E-state index contributed by atoms with van der Waals surface area (Å²) in [5.41, 5.74) is 4.10. The van der Waals surface area contributed by atoms with Gasteiger partial charge < -0.3 is 15.7 Å². The molecule has 5 heteroatoms. The lowest BCUT2D eigenvalue weighted by molar-refractivity contribution is -0.156. The number of amides is 1. The Morgan fingerprint density at radius 1 is 1.16 bits per heavy atom. The zero-order valence-electron chi connectivity index (χ0n) is 12.6. The van der Waals surface area contributed by atoms with Crippen LogP contribution in [0.1, 0.15) is 47.5 Å². The normalized spacial score (nSPS) is 20.2. The van der Waals surface area contributed by atoms with Crippen molar-refractivity contribution in [1.82, 2.24) is 4.90 Å². The molecular formula is C14H26N2O3. The van der Waals surface area contributed by atoms with Gasteiger partial charge in [0, 0.05) is 18.6 Å². The largest absolute Gasteiger partial charge is 0.481 e. The van der Waals surface area contributed by atoms with Crippen LogP contribution < -0.4 is 5.73 Å². The van der Waals surface area contributed by atoms with E-state index in [1.165, 1.54) is 0 Å². The Morgan fingerprint density at radius 2 is 1.58 bits per heavy atom. The third-order valence-corrected chi connectivity index (χ3v) is 4.82. The highest BCUT2D eigenvalue weighted by atomic mass is 16.4. The Labute approximate surface area is 115 Å². The average molecular weight is 270 g/mol. The van der Waals surface area contributed by atoms with Gasteiger partial charge in [-0.05, 0) is 47.5 Å². The van der Waals surface area contributed by atoms with Crippen molar-refractivity contribution in [1.29, 1.82) is 0 Å². The maximum atomic E-state index is 12.5. The summed E-state index contributed by atoms with van der Waals surface area (Å²) in [5, 5.41) is 9.19. The standard InChI is InChI=1S/C14H26N2O3/c1-12(2,13(3,4)15)10(17)16-8-6-14(5,7-9-16)11(18)19/h6-9,15H2,1-5H3,(H,18,19). The minimum atomic E-state index is -0.780. The van der Waals surface area contributed by atoms with E-state index in [1.807, 2.05) is 27.7 Å². The van der Waals surface area contributed by atoms with Gasteiger partial charge in [0.25, 0.3) is 0 Å². The second-order valence-electron chi connectivity index (χ2n) is 7.00. The topological polar surface area (TPSA) is 83.6 Å². The molecule has 0 saturated carbocycles. The molecule has 0 aromatic carbocycles. The van der Waals surface area contributed by atoms with Crippen LogP contribution in [0.4, 0.5) is 0 Å². The number of piperidine rings is 1. The Balaban J connectivity index is 2.77. The van der Waals surface area contributed by atoms with Crippen molar-refractivity contribution in [2.75, 3.05) is 13.1 Å². The van der Waals surface area contributed by atoms with E-state index in [0.29, 0.717) is 25.9 Å². The summed E-state index contributed by atoms with van der Waals surface area (Å²) in [6.07, 6.45) is 0.990. The Kier molecular flexibility index (Phi) is 4.01. The van der Waals surface area contributed by atoms with Gasteiger partial charge >= 0.3 is 5.97 Å². The van der Waals surface area contributed by atoms with E-state index in [4.69, 9.17) is 5.73 Å². The molecule has 1 fully saturated rings. The van der Waals surface area contributed by atoms with Crippen molar-refractivity contribution in [3.63, 3.8) is 0 Å². The molecule has 1 heterocycles. The van der Waals surface area contributed by atoms with Crippen molar-refractivity contribution >= 4 is 11.9 Å². The number of nitrogens with two attached hydrogens (primary N) is 1. The molecular weight excluding hydrogens is 244 g/mol. The Hall–Kier alpha value is -1.10. The predicted molar refractivity (Wildman–Crippen MR) is 73.6 cm³/mol. The summed E-state index contributed by atoms with van der Waals surface area (Å²) in [7, 11) is 0. The highest BCUT2D eigenvalue weighted by molar-refractivity contribution is 5.84. The second-order valence-corrected chi connectivity index (χ2v) is 7.00. The second kappa shape index (κ2) is 4.78. The number of carboxylic acids is 1. The molecule has 0 aromatic heterocycles. The number of likely N-dealkylation sites (tertiary alicyclic amines) is 1. The molecule has 0 aromatic rings. The van der Waals surface area contributed by atoms with Gasteiger partial charge in [-0.25, -0.2) is 0 Å². The van der Waals surface area contributed by atoms with Crippen LogP contribution >= 0.6 is 0 Å². The van der Waals surface area contributed by atoms with Crippen molar-refractivity contribution in [3.8, 4) is 0 Å². The molecule has 0 unspecified atom stereocenters. The van der Waals surface area contributed by atoms with E-state index in [-0.39, 0.29) is 5.91 Å². The van der Waals surface area contributed by atoms with Crippen molar-refractivity contribution in [2.45, 2.75) is 53.0 Å². The number of nitrogens with zero attached hydrogens (tertiary/aromatic N) is 1. The first-order valence-corrected chi connectivity index (χ1v) is 6.73. The van der Waals surface area contributed by atoms with E-state index in [0.717, 1.165) is 0 Å². The van der Waals surface area contributed by atoms with Crippen molar-refractivity contribution in [2.24, 2.45) is 16.6 Å². The molecule has 0 spiro atoms. The fourth-order valence-corrected chi connectivity index (χ4v) is 2.09. The van der Waals surface area contributed by atoms with Gasteiger partial charge in [0.15, 0.2) is 0 Å². The number of hydrogen-bond donors (Lipinski definition) is 2. The third-order valence-electron chi connectivity index (χ3n) is 4.82. The molecule has 1 aliphatic rings. The maximum Gasteiger partial charge on any atom is 0.309 e. The van der Waals surface area contributed by atoms with Gasteiger partial charge in [-0.1, -0.05) is 0 Å². The maximum absolute atomic E-state index is 12.5. The number of carbonyl (C=O) groups is 2. The van der Waals surface area contributed by atoms with Crippen LogP contribution in [0.15, 0.2) is 0 Å². The molecule has 5 nitrogen and oxygen atoms in total. The van der Waals surface area contributed by atoms with E-state index in [2.05, 4.69) is 0 Å². The van der Waals surface area contributed by atoms with Crippen LogP contribution in [0.3, 0.4) is 0 Å². The molecule has 3 N–H and O–H groups in total. The van der Waals surface area contributed by atoms with Crippen LogP contribution in [0.5, 0.6) is 0 Å². The van der Waals surface area contributed by atoms with Gasteiger partial charge in [-0.3, -0.25) is 9.59 Å². The van der Waals surface area contributed by atoms with Crippen LogP contribution in [-0.4, -0.2) is 40.5 Å². The molecule has 0 bridgehead atoms. The Morgan fingerprint density at radius 3 is 1.89 bits per heavy atom. The number of carbonyl (C=O) groups excluding carboxylic acids is 1. The van der Waals surface area contributed by atoms with E-state index in [1.54, 1.807) is 11.8 Å². The Bertz CT molecular complexity index is 375. The lowest BCUT2D eigenvalue weighted by Crippen LogP contribution is -2.58. The highest BCUT2D eigenvalue weighted by Crippen LogP contribution is 2.35. The summed E-state index contributed by atoms with van der Waals surface area (Å²) in [5.74, 6) is -0.773. The van der Waals surface area contributed by atoms with E-state index >= 15 is 0 Å². The quantitative estimate of drug-likeness (QED) is 0.813. The fraction of sp³-hybridized carbons (Fsp3) is 0.857. The number of rotatable bonds is 3. The monoisotopic (exact) mass is 270 g/mol. The predicted octanol–water partition coefficient (Wildman–Crippen LogP) is 1.46. The first-order chi connectivity index (χ1) is 8.42. The van der Waals surface area contributed by atoms with Gasteiger partial charge in [-0.15, -0.1) is 0 Å². The van der Waals surface area contributed by atoms with Crippen LogP contribution in [0.2, 0.25) is 0 Å². The smallest absolute Gasteiger partial charge is 0.309 e. The lowest BCUT2D eigenvalue weighted by Gasteiger charge is -2.44. The molecule has 1 rings (SSSR count). The SMILES string of the molecule is CC1(C(=O)O)CCN(C(=O)C(C)(C)C(C)(C)N)CC1. The zero-order valence-corrected chi connectivity index (χ0v) is 12.6. The minimum absolute atomic E-state index is 0.00689. The molecule has 0 aliphatic carbocycles. The molecule has 1 amide bonds.